The fourth-order valence-electron chi connectivity index (χ4n) is 2.99. The Hall–Kier alpha value is -3.84. The van der Waals surface area contributed by atoms with Crippen LogP contribution in [0.4, 0.5) is 10.5 Å². The third-order valence-corrected chi connectivity index (χ3v) is 4.77. The van der Waals surface area contributed by atoms with Crippen LogP contribution < -0.4 is 15.4 Å². The first kappa shape index (κ1) is 20.4. The molecule has 2 amide bonds. The zero-order valence-corrected chi connectivity index (χ0v) is 17.3. The number of amides is 2. The van der Waals surface area contributed by atoms with Gasteiger partial charge in [0.25, 0.3) is 0 Å². The van der Waals surface area contributed by atoms with E-state index < -0.39 is 12.1 Å². The highest BCUT2D eigenvalue weighted by molar-refractivity contribution is 6.30. The molecule has 3 aromatic carbocycles. The van der Waals surface area contributed by atoms with Crippen LogP contribution in [0.3, 0.4) is 0 Å². The topological polar surface area (TPSA) is 89.3 Å². The number of benzene rings is 3. The molecule has 1 atom stereocenters. The second kappa shape index (κ2) is 9.32. The number of rotatable bonds is 6. The van der Waals surface area contributed by atoms with Crippen molar-refractivity contribution >= 4 is 23.3 Å². The number of hydrogen-bond donors (Lipinski definition) is 2. The summed E-state index contributed by atoms with van der Waals surface area (Å²) in [4.78, 5) is 12.7. The Morgan fingerprint density at radius 2 is 1.77 bits per heavy atom. The molecular weight excluding hydrogens is 416 g/mol. The first-order valence-corrected chi connectivity index (χ1v) is 9.86. The Labute approximate surface area is 184 Å². The quantitative estimate of drug-likeness (QED) is 0.429. The van der Waals surface area contributed by atoms with E-state index in [0.717, 1.165) is 11.1 Å². The van der Waals surface area contributed by atoms with Crippen LogP contribution in [-0.4, -0.2) is 23.3 Å². The highest BCUT2D eigenvalue weighted by Crippen LogP contribution is 2.26. The van der Waals surface area contributed by atoms with Crippen LogP contribution in [0, 0.1) is 0 Å². The molecule has 1 aromatic heterocycles. The summed E-state index contributed by atoms with van der Waals surface area (Å²) in [5.41, 5.74) is 2.13. The number of nitrogens with one attached hydrogen (secondary N) is 2. The molecule has 4 aromatic rings. The second-order valence-electron chi connectivity index (χ2n) is 6.63. The van der Waals surface area contributed by atoms with Gasteiger partial charge >= 0.3 is 6.03 Å². The van der Waals surface area contributed by atoms with E-state index in [4.69, 9.17) is 20.8 Å². The lowest BCUT2D eigenvalue weighted by atomic mass is 10.1. The Morgan fingerprint density at radius 1 is 1.00 bits per heavy atom. The number of carbonyl (C=O) groups excluding carboxylic acids is 1. The Bertz CT molecular complexity index is 1160. The van der Waals surface area contributed by atoms with Crippen molar-refractivity contribution in [3.05, 3.63) is 95.3 Å². The summed E-state index contributed by atoms with van der Waals surface area (Å²) in [6.45, 7) is 0. The van der Waals surface area contributed by atoms with Gasteiger partial charge in [-0.05, 0) is 42.0 Å². The third-order valence-electron chi connectivity index (χ3n) is 4.51. The minimum Gasteiger partial charge on any atom is -0.497 e. The smallest absolute Gasteiger partial charge is 0.320 e. The van der Waals surface area contributed by atoms with Crippen molar-refractivity contribution in [3.8, 4) is 17.2 Å². The van der Waals surface area contributed by atoms with E-state index in [1.54, 1.807) is 55.6 Å². The Kier molecular flexibility index (Phi) is 6.14. The van der Waals surface area contributed by atoms with Crippen molar-refractivity contribution in [2.45, 2.75) is 6.04 Å². The number of nitrogens with zero attached hydrogens (tertiary/aromatic N) is 2. The maximum atomic E-state index is 12.7. The number of methoxy groups -OCH3 is 1. The minimum absolute atomic E-state index is 0.261. The summed E-state index contributed by atoms with van der Waals surface area (Å²) in [6, 6.07) is 22.5. The summed E-state index contributed by atoms with van der Waals surface area (Å²) in [5.74, 6) is 1.24. The van der Waals surface area contributed by atoms with Crippen LogP contribution in [0.5, 0.6) is 5.75 Å². The number of anilines is 1. The van der Waals surface area contributed by atoms with Gasteiger partial charge in [-0.25, -0.2) is 4.79 Å². The molecule has 0 fully saturated rings. The molecule has 1 heterocycles. The summed E-state index contributed by atoms with van der Waals surface area (Å²) in [7, 11) is 1.57. The van der Waals surface area contributed by atoms with Crippen LogP contribution in [0.2, 0.25) is 5.02 Å². The van der Waals surface area contributed by atoms with Crippen molar-refractivity contribution in [1.82, 2.24) is 15.5 Å². The Morgan fingerprint density at radius 3 is 2.52 bits per heavy atom. The fourth-order valence-corrected chi connectivity index (χ4v) is 3.12. The molecule has 2 N–H and O–H groups in total. The van der Waals surface area contributed by atoms with Crippen LogP contribution in [0.25, 0.3) is 11.5 Å². The van der Waals surface area contributed by atoms with Gasteiger partial charge in [0, 0.05) is 22.3 Å². The predicted molar refractivity (Wildman–Crippen MR) is 118 cm³/mol. The first-order chi connectivity index (χ1) is 15.1. The molecular formula is C23H19ClN4O3. The highest BCUT2D eigenvalue weighted by atomic mass is 35.5. The van der Waals surface area contributed by atoms with E-state index in [1.807, 2.05) is 30.3 Å². The first-order valence-electron chi connectivity index (χ1n) is 9.48. The van der Waals surface area contributed by atoms with Crippen LogP contribution in [0.15, 0.2) is 83.3 Å². The number of ether oxygens (including phenoxy) is 1. The lowest BCUT2D eigenvalue weighted by Crippen LogP contribution is -2.33. The lowest BCUT2D eigenvalue weighted by Gasteiger charge is -2.16. The van der Waals surface area contributed by atoms with Gasteiger partial charge in [-0.3, -0.25) is 0 Å². The highest BCUT2D eigenvalue weighted by Gasteiger charge is 2.23. The molecule has 0 saturated carbocycles. The van der Waals surface area contributed by atoms with Crippen molar-refractivity contribution in [3.63, 3.8) is 0 Å². The number of hydrogen-bond acceptors (Lipinski definition) is 5. The van der Waals surface area contributed by atoms with Crippen molar-refractivity contribution in [1.29, 1.82) is 0 Å². The van der Waals surface area contributed by atoms with Gasteiger partial charge in [0.15, 0.2) is 0 Å². The molecule has 4 rings (SSSR count). The molecule has 8 heteroatoms. The van der Waals surface area contributed by atoms with Gasteiger partial charge < -0.3 is 19.8 Å². The number of halogens is 1. The van der Waals surface area contributed by atoms with Gasteiger partial charge in [-0.15, -0.1) is 10.2 Å². The lowest BCUT2D eigenvalue weighted by molar-refractivity contribution is 0.248. The monoisotopic (exact) mass is 434 g/mol. The SMILES string of the molecule is COc1cccc(NC(=O)N[C@H](c2ccccc2)c2nnc(-c3ccc(Cl)cc3)o2)c1. The maximum Gasteiger partial charge on any atom is 0.320 e. The summed E-state index contributed by atoms with van der Waals surface area (Å²) >= 11 is 5.95. The van der Waals surface area contributed by atoms with Gasteiger partial charge in [0.1, 0.15) is 11.8 Å². The van der Waals surface area contributed by atoms with E-state index in [0.29, 0.717) is 22.4 Å². The summed E-state index contributed by atoms with van der Waals surface area (Å²) in [6.07, 6.45) is 0. The molecule has 0 bridgehead atoms. The molecule has 7 nitrogen and oxygen atoms in total. The van der Waals surface area contributed by atoms with Gasteiger partial charge in [-0.1, -0.05) is 48.0 Å². The normalized spacial score (nSPS) is 11.5. The maximum absolute atomic E-state index is 12.7. The summed E-state index contributed by atoms with van der Waals surface area (Å²) in [5, 5.41) is 14.6. The van der Waals surface area contributed by atoms with Crippen molar-refractivity contribution < 1.29 is 13.9 Å². The summed E-state index contributed by atoms with van der Waals surface area (Å²) < 4.78 is 11.1. The van der Waals surface area contributed by atoms with Crippen LogP contribution in [-0.2, 0) is 0 Å². The van der Waals surface area contributed by atoms with E-state index in [2.05, 4.69) is 20.8 Å². The Balaban J connectivity index is 1.58. The van der Waals surface area contributed by atoms with E-state index >= 15 is 0 Å². The second-order valence-corrected chi connectivity index (χ2v) is 7.06. The molecule has 156 valence electrons. The van der Waals surface area contributed by atoms with Crippen LogP contribution >= 0.6 is 11.6 Å². The molecule has 31 heavy (non-hydrogen) atoms. The van der Waals surface area contributed by atoms with E-state index in [-0.39, 0.29) is 5.89 Å². The fraction of sp³-hybridized carbons (Fsp3) is 0.0870. The number of aromatic nitrogens is 2. The predicted octanol–water partition coefficient (Wildman–Crippen LogP) is 5.31. The third kappa shape index (κ3) is 5.02. The molecule has 0 aliphatic heterocycles. The van der Waals surface area contributed by atoms with Crippen LogP contribution in [0.1, 0.15) is 17.5 Å². The van der Waals surface area contributed by atoms with Gasteiger partial charge in [-0.2, -0.15) is 0 Å². The molecule has 0 spiro atoms. The zero-order valence-electron chi connectivity index (χ0n) is 16.6. The van der Waals surface area contributed by atoms with E-state index in [1.165, 1.54) is 0 Å². The minimum atomic E-state index is -0.639. The van der Waals surface area contributed by atoms with E-state index in [9.17, 15) is 4.79 Å². The average Bonchev–Trinajstić information content (AvgIpc) is 3.28. The average molecular weight is 435 g/mol. The standard InChI is InChI=1S/C23H19ClN4O3/c1-30-19-9-5-8-18(14-19)25-23(29)26-20(15-6-3-2-4-7-15)22-28-27-21(31-22)16-10-12-17(24)13-11-16/h2-14,20H,1H3,(H2,25,26,29)/t20-/m1/s1. The number of urea groups is 1. The molecule has 0 aliphatic carbocycles. The molecule has 0 unspecified atom stereocenters. The molecule has 0 saturated heterocycles. The van der Waals surface area contributed by atoms with Gasteiger partial charge in [0.05, 0.1) is 7.11 Å². The van der Waals surface area contributed by atoms with Crippen molar-refractivity contribution in [2.75, 3.05) is 12.4 Å². The largest absolute Gasteiger partial charge is 0.497 e. The van der Waals surface area contributed by atoms with Gasteiger partial charge in [0.2, 0.25) is 11.8 Å². The molecule has 0 aliphatic rings. The number of carbonyl (C=O) groups is 1. The molecule has 0 radical (unpaired) electrons. The van der Waals surface area contributed by atoms with Crippen molar-refractivity contribution in [2.24, 2.45) is 0 Å². The zero-order chi connectivity index (χ0) is 21.6.